The maximum Gasteiger partial charge on any atom is 1.00 e. The molecule has 0 heterocycles. The Labute approximate surface area is 140 Å². The molecule has 0 aliphatic carbocycles. The molecule has 0 aromatic heterocycles. The molecule has 2 rings (SSSR count). The fourth-order valence-corrected chi connectivity index (χ4v) is 2.79. The first-order chi connectivity index (χ1) is 9.03. The second kappa shape index (κ2) is 7.11. The van der Waals surface area contributed by atoms with Crippen LogP contribution in [-0.2, 0) is 4.57 Å². The molecule has 98 valence electrons. The van der Waals surface area contributed by atoms with Crippen molar-refractivity contribution in [1.82, 2.24) is 0 Å². The minimum atomic E-state index is -4.60. The fourth-order valence-electron chi connectivity index (χ4n) is 1.60. The Morgan fingerprint density at radius 1 is 0.800 bits per heavy atom. The average Bonchev–Trinajstić information content (AvgIpc) is 2.47. The Balaban J connectivity index is 0.00000200. The van der Waals surface area contributed by atoms with E-state index in [9.17, 15) is 19.0 Å². The van der Waals surface area contributed by atoms with Crippen LogP contribution in [0, 0.1) is 0 Å². The van der Waals surface area contributed by atoms with E-state index < -0.39 is 18.4 Å². The Morgan fingerprint density at radius 2 is 1.10 bits per heavy atom. The van der Waals surface area contributed by atoms with Gasteiger partial charge in [-0.05, 0) is 0 Å². The van der Waals surface area contributed by atoms with Crippen molar-refractivity contribution in [2.75, 3.05) is 0 Å². The van der Waals surface area contributed by atoms with Gasteiger partial charge in [-0.25, -0.2) is 0 Å². The molecule has 0 amide bonds. The van der Waals surface area contributed by atoms with Gasteiger partial charge in [0.2, 0.25) is 0 Å². The predicted octanol–water partition coefficient (Wildman–Crippen LogP) is 0.0541. The van der Waals surface area contributed by atoms with E-state index in [1.165, 1.54) is 24.3 Å². The number of rotatable bonds is 4. The van der Waals surface area contributed by atoms with Gasteiger partial charge in [-0.2, -0.15) is 0 Å². The summed E-state index contributed by atoms with van der Waals surface area (Å²) in [6, 6.07) is 15.3. The van der Waals surface area contributed by atoms with Crippen LogP contribution in [0.25, 0.3) is 0 Å². The second-order valence-electron chi connectivity index (χ2n) is 3.92. The molecule has 0 aliphatic heterocycles. The molecule has 0 saturated heterocycles. The summed E-state index contributed by atoms with van der Waals surface area (Å²) < 4.78 is 12.1. The zero-order valence-electron chi connectivity index (χ0n) is 11.9. The van der Waals surface area contributed by atoms with Gasteiger partial charge in [0, 0.05) is 11.1 Å². The first kappa shape index (κ1) is 17.0. The molecule has 0 bridgehead atoms. The Morgan fingerprint density at radius 3 is 1.40 bits per heavy atom. The van der Waals surface area contributed by atoms with Crippen LogP contribution in [0.2, 0.25) is 0 Å². The number of hydrogen-bond donors (Lipinski definition) is 1. The van der Waals surface area contributed by atoms with Crippen molar-refractivity contribution in [2.45, 2.75) is 0 Å². The molecule has 0 saturated carbocycles. The average molecular weight is 298 g/mol. The summed E-state index contributed by atoms with van der Waals surface area (Å²) in [5.74, 6) is 0. The molecule has 0 aliphatic rings. The maximum atomic E-state index is 12.1. The summed E-state index contributed by atoms with van der Waals surface area (Å²) in [4.78, 5) is 33.7. The first-order valence-corrected chi connectivity index (χ1v) is 7.22. The van der Waals surface area contributed by atoms with Crippen LogP contribution in [-0.4, -0.2) is 15.9 Å². The van der Waals surface area contributed by atoms with Crippen molar-refractivity contribution in [1.29, 1.82) is 0 Å². The van der Waals surface area contributed by atoms with Gasteiger partial charge < -0.3 is 6.32 Å². The van der Waals surface area contributed by atoms with Gasteiger partial charge in [-0.15, -0.1) is 0 Å². The Hall–Kier alpha value is -1.03. The van der Waals surface area contributed by atoms with Crippen molar-refractivity contribution in [3.8, 4) is 0 Å². The SMILES string of the molecule is O=C(c1ccccc1)P(=O)(O)C(=O)c1ccccc1.[H-].[Na+]. The standard InChI is InChI=1S/C14H11O4P.Na.H/c15-13(11-7-3-1-4-8-11)19(17,18)14(16)12-9-5-2-6-10-12;;/h1-10H,(H,17,18);;/q;+1;-1. The molecule has 2 aromatic carbocycles. The first-order valence-electron chi connectivity index (χ1n) is 5.56. The largest absolute Gasteiger partial charge is 1.00 e. The molecule has 0 radical (unpaired) electrons. The minimum absolute atomic E-state index is 0. The van der Waals surface area contributed by atoms with Crippen LogP contribution in [0.5, 0.6) is 0 Å². The molecule has 6 heteroatoms. The minimum Gasteiger partial charge on any atom is -1.00 e. The molecule has 2 aromatic rings. The second-order valence-corrected chi connectivity index (χ2v) is 5.88. The molecule has 0 unspecified atom stereocenters. The summed E-state index contributed by atoms with van der Waals surface area (Å²) in [6.07, 6.45) is 0. The van der Waals surface area contributed by atoms with E-state index in [4.69, 9.17) is 0 Å². The third kappa shape index (κ3) is 3.54. The smallest absolute Gasteiger partial charge is 1.00 e. The van der Waals surface area contributed by atoms with E-state index in [0.29, 0.717) is 0 Å². The van der Waals surface area contributed by atoms with E-state index in [-0.39, 0.29) is 42.1 Å². The molecule has 0 fully saturated rings. The number of hydrogen-bond acceptors (Lipinski definition) is 3. The molecule has 0 atom stereocenters. The maximum absolute atomic E-state index is 12.1. The predicted molar refractivity (Wildman–Crippen MR) is 72.5 cm³/mol. The molecule has 1 N–H and O–H groups in total. The van der Waals surface area contributed by atoms with Crippen LogP contribution >= 0.6 is 7.37 Å². The molecular formula is C14H12NaO4P. The van der Waals surface area contributed by atoms with E-state index in [1.54, 1.807) is 36.4 Å². The normalized spacial score (nSPS) is 10.4. The summed E-state index contributed by atoms with van der Waals surface area (Å²) in [5.41, 5.74) is -1.97. The van der Waals surface area contributed by atoms with Gasteiger partial charge in [0.05, 0.1) is 0 Å². The van der Waals surface area contributed by atoms with Gasteiger partial charge in [0.1, 0.15) is 0 Å². The van der Waals surface area contributed by atoms with Crippen LogP contribution in [0.3, 0.4) is 0 Å². The summed E-state index contributed by atoms with van der Waals surface area (Å²) >= 11 is 0. The Bertz CT molecular complexity index is 606. The van der Waals surface area contributed by atoms with E-state index >= 15 is 0 Å². The van der Waals surface area contributed by atoms with E-state index in [0.717, 1.165) is 0 Å². The zero-order valence-corrected chi connectivity index (χ0v) is 13.8. The third-order valence-electron chi connectivity index (χ3n) is 2.59. The van der Waals surface area contributed by atoms with E-state index in [1.807, 2.05) is 0 Å². The molecule has 0 spiro atoms. The van der Waals surface area contributed by atoms with Crippen molar-refractivity contribution in [3.63, 3.8) is 0 Å². The topological polar surface area (TPSA) is 71.4 Å². The van der Waals surface area contributed by atoms with Crippen LogP contribution in [0.1, 0.15) is 22.1 Å². The van der Waals surface area contributed by atoms with Gasteiger partial charge in [0.15, 0.2) is 0 Å². The molecular weight excluding hydrogens is 286 g/mol. The van der Waals surface area contributed by atoms with Gasteiger partial charge >= 0.3 is 36.9 Å². The Kier molecular flexibility index (Phi) is 6.06. The zero-order chi connectivity index (χ0) is 13.9. The summed E-state index contributed by atoms with van der Waals surface area (Å²) in [7, 11) is -4.60. The van der Waals surface area contributed by atoms with Gasteiger partial charge in [0.25, 0.3) is 11.0 Å². The number of benzene rings is 2. The number of carbonyl (C=O) groups excluding carboxylic acids is 2. The quantitative estimate of drug-likeness (QED) is 0.640. The van der Waals surface area contributed by atoms with Crippen molar-refractivity contribution in [3.05, 3.63) is 71.8 Å². The molecule has 20 heavy (non-hydrogen) atoms. The van der Waals surface area contributed by atoms with Crippen molar-refractivity contribution >= 4 is 18.4 Å². The van der Waals surface area contributed by atoms with Crippen molar-refractivity contribution in [2.24, 2.45) is 0 Å². The van der Waals surface area contributed by atoms with Crippen LogP contribution < -0.4 is 29.6 Å². The monoisotopic (exact) mass is 298 g/mol. The fraction of sp³-hybridized carbons (Fsp3) is 0. The van der Waals surface area contributed by atoms with E-state index in [2.05, 4.69) is 0 Å². The van der Waals surface area contributed by atoms with Crippen molar-refractivity contribution < 1.29 is 50.0 Å². The number of carbonyl (C=O) groups is 2. The summed E-state index contributed by atoms with van der Waals surface area (Å²) in [5, 5.41) is 0. The third-order valence-corrected chi connectivity index (χ3v) is 4.21. The summed E-state index contributed by atoms with van der Waals surface area (Å²) in [6.45, 7) is 0. The van der Waals surface area contributed by atoms with Crippen LogP contribution in [0.4, 0.5) is 0 Å². The van der Waals surface area contributed by atoms with Gasteiger partial charge in [-0.1, -0.05) is 60.7 Å². The van der Waals surface area contributed by atoms with Crippen LogP contribution in [0.15, 0.2) is 60.7 Å². The molecule has 4 nitrogen and oxygen atoms in total. The van der Waals surface area contributed by atoms with Gasteiger partial charge in [-0.3, -0.25) is 14.2 Å².